The molecule has 0 spiro atoms. The van der Waals surface area contributed by atoms with Gasteiger partial charge in [0.2, 0.25) is 0 Å². The zero-order chi connectivity index (χ0) is 22.7. The van der Waals surface area contributed by atoms with Crippen molar-refractivity contribution in [2.75, 3.05) is 13.7 Å². The summed E-state index contributed by atoms with van der Waals surface area (Å²) in [5, 5.41) is 10.5. The number of non-ortho nitro benzene ring substituents is 1. The van der Waals surface area contributed by atoms with E-state index in [9.17, 15) is 24.5 Å². The van der Waals surface area contributed by atoms with E-state index in [1.54, 1.807) is 19.1 Å². The standard InChI is InChI=1S/C20H18N2O8S/c1-4-29-19(24)11(2)21-18(23)17(31-20(21)25)10-13-6-8-16(30-13)14-9-12(22(26)27)5-7-15(14)28-3/h5-11H,4H2,1-3H3/b17-10+/t11-/m1/s1. The number of carbonyl (C=O) groups excluding carboxylic acids is 3. The Bertz CT molecular complexity index is 1090. The first-order valence-corrected chi connectivity index (χ1v) is 9.94. The van der Waals surface area contributed by atoms with Crippen LogP contribution in [0.5, 0.6) is 5.75 Å². The number of benzene rings is 1. The molecule has 2 amide bonds. The second kappa shape index (κ2) is 9.04. The monoisotopic (exact) mass is 446 g/mol. The van der Waals surface area contributed by atoms with Crippen molar-refractivity contribution in [1.29, 1.82) is 0 Å². The van der Waals surface area contributed by atoms with Gasteiger partial charge in [-0.1, -0.05) is 0 Å². The number of rotatable bonds is 7. The lowest BCUT2D eigenvalue weighted by molar-refractivity contribution is -0.384. The molecule has 1 atom stereocenters. The van der Waals surface area contributed by atoms with Gasteiger partial charge in [-0.3, -0.25) is 24.6 Å². The largest absolute Gasteiger partial charge is 0.496 e. The van der Waals surface area contributed by atoms with Crippen LogP contribution in [0.2, 0.25) is 0 Å². The third-order valence-electron chi connectivity index (χ3n) is 4.40. The van der Waals surface area contributed by atoms with Gasteiger partial charge in [0.25, 0.3) is 16.8 Å². The fourth-order valence-corrected chi connectivity index (χ4v) is 3.78. The van der Waals surface area contributed by atoms with Crippen molar-refractivity contribution in [3.8, 4) is 17.1 Å². The number of ether oxygens (including phenoxy) is 2. The summed E-state index contributed by atoms with van der Waals surface area (Å²) in [4.78, 5) is 48.3. The number of carbonyl (C=O) groups is 3. The molecule has 1 aromatic heterocycles. The van der Waals surface area contributed by atoms with E-state index >= 15 is 0 Å². The highest BCUT2D eigenvalue weighted by molar-refractivity contribution is 8.18. The minimum Gasteiger partial charge on any atom is -0.496 e. The summed E-state index contributed by atoms with van der Waals surface area (Å²) < 4.78 is 15.8. The van der Waals surface area contributed by atoms with E-state index in [4.69, 9.17) is 13.9 Å². The van der Waals surface area contributed by atoms with Crippen molar-refractivity contribution in [3.63, 3.8) is 0 Å². The van der Waals surface area contributed by atoms with Crippen LogP contribution in [0.15, 0.2) is 39.7 Å². The molecule has 0 bridgehead atoms. The number of esters is 1. The van der Waals surface area contributed by atoms with Crippen LogP contribution < -0.4 is 4.74 Å². The average Bonchev–Trinajstić information content (AvgIpc) is 3.31. The van der Waals surface area contributed by atoms with E-state index in [-0.39, 0.29) is 28.7 Å². The number of amides is 2. The van der Waals surface area contributed by atoms with Crippen LogP contribution in [-0.4, -0.2) is 46.7 Å². The first-order valence-electron chi connectivity index (χ1n) is 9.13. The Morgan fingerprint density at radius 3 is 2.71 bits per heavy atom. The van der Waals surface area contributed by atoms with Gasteiger partial charge in [-0.15, -0.1) is 0 Å². The van der Waals surface area contributed by atoms with E-state index in [2.05, 4.69) is 0 Å². The van der Waals surface area contributed by atoms with Crippen LogP contribution in [0, 0.1) is 10.1 Å². The molecule has 31 heavy (non-hydrogen) atoms. The molecule has 2 aromatic rings. The maximum atomic E-state index is 12.6. The molecule has 11 heteroatoms. The SMILES string of the molecule is CCOC(=O)[C@@H](C)N1C(=O)S/C(=C/c2ccc(-c3cc([N+](=O)[O-])ccc3OC)o2)C1=O. The third-order valence-corrected chi connectivity index (χ3v) is 5.28. The smallest absolute Gasteiger partial charge is 0.329 e. The van der Waals surface area contributed by atoms with Crippen LogP contribution in [0.1, 0.15) is 19.6 Å². The van der Waals surface area contributed by atoms with E-state index < -0.39 is 28.1 Å². The molecule has 1 aliphatic rings. The number of thioether (sulfide) groups is 1. The number of furan rings is 1. The Morgan fingerprint density at radius 1 is 1.32 bits per heavy atom. The summed E-state index contributed by atoms with van der Waals surface area (Å²) in [5.74, 6) is -0.413. The first kappa shape index (κ1) is 22.1. The first-order chi connectivity index (χ1) is 14.8. The van der Waals surface area contributed by atoms with Crippen LogP contribution >= 0.6 is 11.8 Å². The molecule has 0 radical (unpaired) electrons. The fraction of sp³-hybridized carbons (Fsp3) is 0.250. The quantitative estimate of drug-likeness (QED) is 0.269. The summed E-state index contributed by atoms with van der Waals surface area (Å²) >= 11 is 0.676. The van der Waals surface area contributed by atoms with Crippen molar-refractivity contribution in [2.45, 2.75) is 19.9 Å². The molecule has 1 fully saturated rings. The lowest BCUT2D eigenvalue weighted by atomic mass is 10.1. The maximum absolute atomic E-state index is 12.6. The van der Waals surface area contributed by atoms with Crippen LogP contribution in [-0.2, 0) is 14.3 Å². The molecular formula is C20H18N2O8S. The fourth-order valence-electron chi connectivity index (χ4n) is 2.89. The molecule has 162 valence electrons. The summed E-state index contributed by atoms with van der Waals surface area (Å²) in [6.07, 6.45) is 1.37. The Hall–Kier alpha value is -3.60. The van der Waals surface area contributed by atoms with Gasteiger partial charge in [-0.25, -0.2) is 4.79 Å². The van der Waals surface area contributed by atoms with Crippen molar-refractivity contribution in [3.05, 3.63) is 51.1 Å². The molecular weight excluding hydrogens is 428 g/mol. The normalized spacial score (nSPS) is 16.0. The summed E-state index contributed by atoms with van der Waals surface area (Å²) in [7, 11) is 1.43. The topological polar surface area (TPSA) is 129 Å². The molecule has 1 aliphatic heterocycles. The second-order valence-corrected chi connectivity index (χ2v) is 7.32. The van der Waals surface area contributed by atoms with Gasteiger partial charge in [0.15, 0.2) is 0 Å². The number of nitro benzene ring substituents is 1. The highest BCUT2D eigenvalue weighted by atomic mass is 32.2. The number of methoxy groups -OCH3 is 1. The van der Waals surface area contributed by atoms with Gasteiger partial charge in [-0.2, -0.15) is 0 Å². The molecule has 0 aliphatic carbocycles. The van der Waals surface area contributed by atoms with E-state index in [1.807, 2.05) is 0 Å². The molecule has 10 nitrogen and oxygen atoms in total. The van der Waals surface area contributed by atoms with Gasteiger partial charge in [0.05, 0.1) is 29.1 Å². The highest BCUT2D eigenvalue weighted by Gasteiger charge is 2.41. The number of nitro groups is 1. The Morgan fingerprint density at radius 2 is 2.06 bits per heavy atom. The van der Waals surface area contributed by atoms with Crippen molar-refractivity contribution in [1.82, 2.24) is 4.90 Å². The van der Waals surface area contributed by atoms with Crippen molar-refractivity contribution < 1.29 is 33.2 Å². The Labute approximate surface area is 180 Å². The molecule has 2 heterocycles. The van der Waals surface area contributed by atoms with E-state index in [0.717, 1.165) is 4.90 Å². The minimum atomic E-state index is -1.06. The van der Waals surface area contributed by atoms with Gasteiger partial charge >= 0.3 is 5.97 Å². The number of nitrogens with zero attached hydrogens (tertiary/aromatic N) is 2. The molecule has 0 unspecified atom stereocenters. The zero-order valence-corrected chi connectivity index (χ0v) is 17.6. The third kappa shape index (κ3) is 4.45. The summed E-state index contributed by atoms with van der Waals surface area (Å²) in [6, 6.07) is 6.15. The summed E-state index contributed by atoms with van der Waals surface area (Å²) in [5.41, 5.74) is 0.225. The second-order valence-electron chi connectivity index (χ2n) is 6.32. The van der Waals surface area contributed by atoms with Gasteiger partial charge in [0, 0.05) is 18.2 Å². The van der Waals surface area contributed by atoms with E-state index in [1.165, 1.54) is 38.3 Å². The number of hydrogen-bond donors (Lipinski definition) is 0. The molecule has 1 aromatic carbocycles. The maximum Gasteiger partial charge on any atom is 0.329 e. The van der Waals surface area contributed by atoms with E-state index in [0.29, 0.717) is 23.1 Å². The number of imide groups is 1. The highest BCUT2D eigenvalue weighted by Crippen LogP contribution is 2.37. The molecule has 3 rings (SSSR count). The Kier molecular flexibility index (Phi) is 6.44. The molecule has 0 N–H and O–H groups in total. The lowest BCUT2D eigenvalue weighted by Gasteiger charge is -2.19. The van der Waals surface area contributed by atoms with Crippen molar-refractivity contribution in [2.24, 2.45) is 0 Å². The average molecular weight is 446 g/mol. The van der Waals surface area contributed by atoms with Crippen LogP contribution in [0.25, 0.3) is 17.4 Å². The van der Waals surface area contributed by atoms with Gasteiger partial charge in [-0.05, 0) is 43.8 Å². The molecule has 0 saturated carbocycles. The predicted octanol–water partition coefficient (Wildman–Crippen LogP) is 3.85. The number of hydrogen-bond acceptors (Lipinski definition) is 9. The minimum absolute atomic E-state index is 0.0769. The van der Waals surface area contributed by atoms with Crippen LogP contribution in [0.4, 0.5) is 10.5 Å². The van der Waals surface area contributed by atoms with Crippen molar-refractivity contribution >= 4 is 40.6 Å². The predicted molar refractivity (Wildman–Crippen MR) is 111 cm³/mol. The van der Waals surface area contributed by atoms with Gasteiger partial charge < -0.3 is 13.9 Å². The molecule has 1 saturated heterocycles. The lowest BCUT2D eigenvalue weighted by Crippen LogP contribution is -2.42. The van der Waals surface area contributed by atoms with Gasteiger partial charge in [0.1, 0.15) is 23.3 Å². The Balaban J connectivity index is 1.88. The zero-order valence-electron chi connectivity index (χ0n) is 16.8. The van der Waals surface area contributed by atoms with Crippen LogP contribution in [0.3, 0.4) is 0 Å². The summed E-state index contributed by atoms with van der Waals surface area (Å²) in [6.45, 7) is 3.17.